The van der Waals surface area contributed by atoms with Crippen molar-refractivity contribution in [1.29, 1.82) is 0 Å². The van der Waals surface area contributed by atoms with E-state index in [-0.39, 0.29) is 12.8 Å². The Morgan fingerprint density at radius 2 is 1.90 bits per heavy atom. The fourth-order valence-electron chi connectivity index (χ4n) is 2.11. The second kappa shape index (κ2) is 9.50. The van der Waals surface area contributed by atoms with E-state index < -0.39 is 18.2 Å². The summed E-state index contributed by atoms with van der Waals surface area (Å²) in [5.41, 5.74) is 1.24. The normalized spacial score (nSPS) is 13.8. The van der Waals surface area contributed by atoms with Gasteiger partial charge in [-0.15, -0.1) is 0 Å². The SMILES string of the molecule is CCOC(=O)C[C@@H](O)C[C@H](O)CCCc1ccccc1. The van der Waals surface area contributed by atoms with Gasteiger partial charge in [0.2, 0.25) is 0 Å². The summed E-state index contributed by atoms with van der Waals surface area (Å²) in [5, 5.41) is 19.5. The van der Waals surface area contributed by atoms with Gasteiger partial charge >= 0.3 is 5.97 Å². The molecule has 0 aliphatic heterocycles. The number of carbonyl (C=O) groups excluding carboxylic acids is 1. The maximum atomic E-state index is 11.2. The number of ether oxygens (including phenoxy) is 1. The van der Waals surface area contributed by atoms with Crippen LogP contribution >= 0.6 is 0 Å². The Morgan fingerprint density at radius 1 is 1.20 bits per heavy atom. The molecule has 0 saturated heterocycles. The summed E-state index contributed by atoms with van der Waals surface area (Å²) in [5.74, 6) is -0.420. The first kappa shape index (κ1) is 16.7. The molecule has 1 rings (SSSR count). The van der Waals surface area contributed by atoms with Crippen LogP contribution in [-0.4, -0.2) is 35.0 Å². The van der Waals surface area contributed by atoms with Crippen LogP contribution in [0, 0.1) is 0 Å². The second-order valence-electron chi connectivity index (χ2n) is 4.93. The van der Waals surface area contributed by atoms with E-state index in [1.54, 1.807) is 6.92 Å². The van der Waals surface area contributed by atoms with Crippen LogP contribution in [0.1, 0.15) is 38.2 Å². The number of benzene rings is 1. The number of aryl methyl sites for hydroxylation is 1. The molecule has 0 bridgehead atoms. The lowest BCUT2D eigenvalue weighted by Crippen LogP contribution is -2.22. The minimum Gasteiger partial charge on any atom is -0.466 e. The van der Waals surface area contributed by atoms with Crippen LogP contribution in [0.4, 0.5) is 0 Å². The summed E-state index contributed by atoms with van der Waals surface area (Å²) in [7, 11) is 0. The molecule has 0 aliphatic rings. The smallest absolute Gasteiger partial charge is 0.308 e. The minimum atomic E-state index is -0.833. The Kier molecular flexibility index (Phi) is 7.92. The van der Waals surface area contributed by atoms with E-state index in [0.29, 0.717) is 13.0 Å². The van der Waals surface area contributed by atoms with Gasteiger partial charge in [0, 0.05) is 0 Å². The minimum absolute atomic E-state index is 0.0520. The summed E-state index contributed by atoms with van der Waals surface area (Å²) in [6, 6.07) is 10.1. The molecule has 0 spiro atoms. The standard InChI is InChI=1S/C16H24O4/c1-2-20-16(19)12-15(18)11-14(17)10-6-9-13-7-4-3-5-8-13/h3-5,7-8,14-15,17-18H,2,6,9-12H2,1H3/t14-,15+/m1/s1. The Morgan fingerprint density at radius 3 is 2.55 bits per heavy atom. The zero-order valence-electron chi connectivity index (χ0n) is 12.0. The number of aliphatic hydroxyl groups is 2. The van der Waals surface area contributed by atoms with Gasteiger partial charge in [-0.1, -0.05) is 30.3 Å². The lowest BCUT2D eigenvalue weighted by Gasteiger charge is -2.15. The third-order valence-corrected chi connectivity index (χ3v) is 3.10. The van der Waals surface area contributed by atoms with Crippen molar-refractivity contribution in [3.05, 3.63) is 35.9 Å². The van der Waals surface area contributed by atoms with E-state index in [4.69, 9.17) is 4.74 Å². The first-order valence-electron chi connectivity index (χ1n) is 7.17. The summed E-state index contributed by atoms with van der Waals surface area (Å²) < 4.78 is 4.75. The van der Waals surface area contributed by atoms with Gasteiger partial charge in [-0.05, 0) is 38.2 Å². The molecule has 20 heavy (non-hydrogen) atoms. The van der Waals surface area contributed by atoms with Crippen molar-refractivity contribution < 1.29 is 19.7 Å². The van der Waals surface area contributed by atoms with Gasteiger partial charge < -0.3 is 14.9 Å². The van der Waals surface area contributed by atoms with Crippen LogP contribution in [0.2, 0.25) is 0 Å². The van der Waals surface area contributed by atoms with Crippen LogP contribution in [-0.2, 0) is 16.0 Å². The molecule has 112 valence electrons. The van der Waals surface area contributed by atoms with Gasteiger partial charge in [0.15, 0.2) is 0 Å². The van der Waals surface area contributed by atoms with E-state index in [2.05, 4.69) is 12.1 Å². The van der Waals surface area contributed by atoms with Gasteiger partial charge in [-0.2, -0.15) is 0 Å². The van der Waals surface area contributed by atoms with Crippen molar-refractivity contribution in [3.63, 3.8) is 0 Å². The highest BCUT2D eigenvalue weighted by molar-refractivity contribution is 5.69. The molecule has 4 nitrogen and oxygen atoms in total. The van der Waals surface area contributed by atoms with Gasteiger partial charge in [0.1, 0.15) is 0 Å². The Bertz CT molecular complexity index is 377. The van der Waals surface area contributed by atoms with Crippen molar-refractivity contribution in [2.24, 2.45) is 0 Å². The van der Waals surface area contributed by atoms with E-state index in [1.807, 2.05) is 18.2 Å². The maximum absolute atomic E-state index is 11.2. The van der Waals surface area contributed by atoms with Gasteiger partial charge in [0.25, 0.3) is 0 Å². The van der Waals surface area contributed by atoms with Gasteiger partial charge in [0.05, 0.1) is 25.2 Å². The summed E-state index contributed by atoms with van der Waals surface area (Å²) in [6.07, 6.45) is 1.14. The third-order valence-electron chi connectivity index (χ3n) is 3.10. The highest BCUT2D eigenvalue weighted by Crippen LogP contribution is 2.11. The highest BCUT2D eigenvalue weighted by atomic mass is 16.5. The highest BCUT2D eigenvalue weighted by Gasteiger charge is 2.16. The van der Waals surface area contributed by atoms with Crippen molar-refractivity contribution in [1.82, 2.24) is 0 Å². The van der Waals surface area contributed by atoms with Crippen molar-refractivity contribution in [2.45, 2.75) is 51.2 Å². The molecule has 0 fully saturated rings. The molecule has 4 heteroatoms. The summed E-state index contributed by atoms with van der Waals surface area (Å²) in [6.45, 7) is 2.04. The average Bonchev–Trinajstić information content (AvgIpc) is 2.39. The second-order valence-corrected chi connectivity index (χ2v) is 4.93. The largest absolute Gasteiger partial charge is 0.466 e. The number of hydrogen-bond donors (Lipinski definition) is 2. The molecule has 0 aromatic heterocycles. The number of carbonyl (C=O) groups is 1. The quantitative estimate of drug-likeness (QED) is 0.680. The molecule has 1 aromatic rings. The number of aliphatic hydroxyl groups excluding tert-OH is 2. The molecule has 0 amide bonds. The Labute approximate surface area is 120 Å². The topological polar surface area (TPSA) is 66.8 Å². The molecule has 1 aromatic carbocycles. The molecule has 0 heterocycles. The summed E-state index contributed by atoms with van der Waals surface area (Å²) in [4.78, 5) is 11.2. The fourth-order valence-corrected chi connectivity index (χ4v) is 2.11. The van der Waals surface area contributed by atoms with Gasteiger partial charge in [-0.25, -0.2) is 0 Å². The summed E-state index contributed by atoms with van der Waals surface area (Å²) >= 11 is 0. The molecular weight excluding hydrogens is 256 g/mol. The average molecular weight is 280 g/mol. The zero-order valence-corrected chi connectivity index (χ0v) is 12.0. The number of esters is 1. The predicted molar refractivity (Wildman–Crippen MR) is 77.3 cm³/mol. The van der Waals surface area contributed by atoms with E-state index >= 15 is 0 Å². The number of rotatable bonds is 9. The van der Waals surface area contributed by atoms with E-state index in [1.165, 1.54) is 5.56 Å². The molecule has 2 atom stereocenters. The lowest BCUT2D eigenvalue weighted by molar-refractivity contribution is -0.145. The predicted octanol–water partition coefficient (Wildman–Crippen LogP) is 2.07. The van der Waals surface area contributed by atoms with Crippen LogP contribution < -0.4 is 0 Å². The van der Waals surface area contributed by atoms with Crippen molar-refractivity contribution >= 4 is 5.97 Å². The molecule has 2 N–H and O–H groups in total. The van der Waals surface area contributed by atoms with E-state index in [0.717, 1.165) is 12.8 Å². The molecular formula is C16H24O4. The van der Waals surface area contributed by atoms with Crippen molar-refractivity contribution in [2.75, 3.05) is 6.61 Å². The Balaban J connectivity index is 2.16. The molecule has 0 aliphatic carbocycles. The van der Waals surface area contributed by atoms with E-state index in [9.17, 15) is 15.0 Å². The van der Waals surface area contributed by atoms with Crippen LogP contribution in [0.15, 0.2) is 30.3 Å². The molecule has 0 unspecified atom stereocenters. The van der Waals surface area contributed by atoms with Gasteiger partial charge in [-0.3, -0.25) is 4.79 Å². The first-order valence-corrected chi connectivity index (χ1v) is 7.17. The number of hydrogen-bond acceptors (Lipinski definition) is 4. The van der Waals surface area contributed by atoms with Crippen LogP contribution in [0.25, 0.3) is 0 Å². The zero-order chi connectivity index (χ0) is 14.8. The van der Waals surface area contributed by atoms with Crippen LogP contribution in [0.3, 0.4) is 0 Å². The molecule has 0 radical (unpaired) electrons. The monoisotopic (exact) mass is 280 g/mol. The van der Waals surface area contributed by atoms with Crippen LogP contribution in [0.5, 0.6) is 0 Å². The third kappa shape index (κ3) is 7.26. The Hall–Kier alpha value is -1.39. The first-order chi connectivity index (χ1) is 9.61. The lowest BCUT2D eigenvalue weighted by atomic mass is 10.0. The molecule has 0 saturated carbocycles. The fraction of sp³-hybridized carbons (Fsp3) is 0.562. The maximum Gasteiger partial charge on any atom is 0.308 e. The van der Waals surface area contributed by atoms with Crippen molar-refractivity contribution in [3.8, 4) is 0 Å².